The fourth-order valence-electron chi connectivity index (χ4n) is 7.76. The fraction of sp³-hybridized carbons (Fsp3) is 0.333. The Labute approximate surface area is 310 Å². The van der Waals surface area contributed by atoms with E-state index in [4.69, 9.17) is 14.5 Å². The maximum absolute atomic E-state index is 13.2. The van der Waals surface area contributed by atoms with Gasteiger partial charge in [0.15, 0.2) is 0 Å². The summed E-state index contributed by atoms with van der Waals surface area (Å²) in [5, 5.41) is 2.20. The van der Waals surface area contributed by atoms with Crippen LogP contribution >= 0.6 is 0 Å². The van der Waals surface area contributed by atoms with E-state index in [-0.39, 0.29) is 30.9 Å². The molecule has 0 spiro atoms. The monoisotopic (exact) mass is 726 g/mol. The van der Waals surface area contributed by atoms with Crippen molar-refractivity contribution in [1.82, 2.24) is 29.7 Å². The number of ether oxygens (including phenoxy) is 2. The summed E-state index contributed by atoms with van der Waals surface area (Å²) in [6.07, 6.45) is 3.75. The second kappa shape index (κ2) is 13.5. The number of benzene rings is 4. The zero-order valence-corrected chi connectivity index (χ0v) is 32.0. The van der Waals surface area contributed by atoms with Crippen molar-refractivity contribution in [2.24, 2.45) is 0 Å². The maximum atomic E-state index is 13.2. The molecule has 2 aromatic heterocycles. The van der Waals surface area contributed by atoms with Gasteiger partial charge in [0.1, 0.15) is 23.9 Å². The molecule has 4 heterocycles. The molecule has 2 saturated heterocycles. The third kappa shape index (κ3) is 7.17. The number of H-pyrrole nitrogens is 2. The Morgan fingerprint density at radius 3 is 2.38 bits per heavy atom. The largest absolute Gasteiger partial charge is 0.445 e. The van der Waals surface area contributed by atoms with Crippen LogP contribution in [0.3, 0.4) is 0 Å². The van der Waals surface area contributed by atoms with Gasteiger partial charge in [-0.15, -0.1) is 0 Å². The summed E-state index contributed by atoms with van der Waals surface area (Å²) in [6.45, 7) is 11.3. The van der Waals surface area contributed by atoms with Gasteiger partial charge in [-0.2, -0.15) is 0 Å². The molecule has 2 fully saturated rings. The molecule has 2 amide bonds. The number of nitrogens with one attached hydrogen (secondary N) is 2. The number of hydrogen-bond donors (Lipinski definition) is 2. The highest BCUT2D eigenvalue weighted by Gasteiger charge is 2.45. The highest BCUT2D eigenvalue weighted by molar-refractivity contribution is 6.78. The summed E-state index contributed by atoms with van der Waals surface area (Å²) < 4.78 is 11.4. The quantitative estimate of drug-likeness (QED) is 0.165. The van der Waals surface area contributed by atoms with E-state index >= 15 is 0 Å². The number of fused-ring (bicyclic) bond motifs is 3. The van der Waals surface area contributed by atoms with Crippen LogP contribution in [-0.2, 0) is 16.1 Å². The predicted octanol–water partition coefficient (Wildman–Crippen LogP) is 9.79. The number of aromatic amines is 2. The Hall–Kier alpha value is -5.42. The van der Waals surface area contributed by atoms with Crippen molar-refractivity contribution in [1.29, 1.82) is 0 Å². The maximum Gasteiger partial charge on any atom is 0.410 e. The van der Waals surface area contributed by atoms with E-state index in [9.17, 15) is 9.59 Å². The van der Waals surface area contributed by atoms with Crippen molar-refractivity contribution in [2.75, 3.05) is 12.7 Å². The first kappa shape index (κ1) is 34.7. The lowest BCUT2D eigenvalue weighted by molar-refractivity contribution is 0.0229. The van der Waals surface area contributed by atoms with Gasteiger partial charge in [-0.3, -0.25) is 4.90 Å². The van der Waals surface area contributed by atoms with Crippen molar-refractivity contribution < 1.29 is 19.1 Å². The Kier molecular flexibility index (Phi) is 8.84. The first-order valence-corrected chi connectivity index (χ1v) is 21.9. The van der Waals surface area contributed by atoms with Gasteiger partial charge in [0.05, 0.1) is 43.1 Å². The highest BCUT2D eigenvalue weighted by Crippen LogP contribution is 2.39. The van der Waals surface area contributed by atoms with Gasteiger partial charge in [-0.05, 0) is 79.4 Å². The zero-order valence-electron chi connectivity index (χ0n) is 31.0. The lowest BCUT2D eigenvalue weighted by Gasteiger charge is -2.28. The van der Waals surface area contributed by atoms with Crippen molar-refractivity contribution >= 4 is 42.1 Å². The summed E-state index contributed by atoms with van der Waals surface area (Å²) in [7, 11) is -1.64. The van der Waals surface area contributed by atoms with E-state index in [0.717, 1.165) is 86.5 Å². The van der Waals surface area contributed by atoms with Crippen molar-refractivity contribution in [2.45, 2.75) is 77.0 Å². The molecule has 0 bridgehead atoms. The predicted molar refractivity (Wildman–Crippen MR) is 210 cm³/mol. The number of carbonyl (C=O) groups excluding carboxylic acids is 2. The van der Waals surface area contributed by atoms with Crippen LogP contribution in [0.25, 0.3) is 44.2 Å². The third-order valence-corrected chi connectivity index (χ3v) is 13.0. The summed E-state index contributed by atoms with van der Waals surface area (Å²) >= 11 is 0. The number of rotatable bonds is 6. The second-order valence-electron chi connectivity index (χ2n) is 16.2. The van der Waals surface area contributed by atoms with Crippen LogP contribution in [0.15, 0.2) is 91.1 Å². The smallest absolute Gasteiger partial charge is 0.410 e. The molecule has 4 aromatic carbocycles. The molecule has 2 aliphatic heterocycles. The molecule has 10 nitrogen and oxygen atoms in total. The zero-order chi connectivity index (χ0) is 36.9. The summed E-state index contributed by atoms with van der Waals surface area (Å²) in [5.41, 5.74) is 6.44. The lowest BCUT2D eigenvalue weighted by atomic mass is 9.99. The van der Waals surface area contributed by atoms with Gasteiger partial charge in [-0.25, -0.2) is 19.6 Å². The molecule has 0 saturated carbocycles. The Balaban J connectivity index is 0.981. The molecule has 6 aromatic rings. The molecule has 0 unspecified atom stereocenters. The second-order valence-corrected chi connectivity index (χ2v) is 21.2. The van der Waals surface area contributed by atoms with Crippen LogP contribution in [0.5, 0.6) is 0 Å². The van der Waals surface area contributed by atoms with Crippen molar-refractivity contribution in [3.8, 4) is 22.4 Å². The number of nitrogens with zero attached hydrogens (tertiary/aromatic N) is 4. The summed E-state index contributed by atoms with van der Waals surface area (Å²) in [4.78, 5) is 46.7. The van der Waals surface area contributed by atoms with Crippen molar-refractivity contribution in [3.63, 3.8) is 0 Å². The average Bonchev–Trinajstić information content (AvgIpc) is 3.95. The first-order valence-electron chi connectivity index (χ1n) is 18.5. The van der Waals surface area contributed by atoms with E-state index in [2.05, 4.69) is 82.6 Å². The SMILES string of the molecule is CC(C)(C)OC(=O)N1C[Si](C)(C)C[C@H]1c1nc2ccc3cc(-c4ccc(-c5cnc([C@@H]6CCCN6C(=O)OCc6ccccc6)[nH]5)cc4)ccc3c2[nH]1. The van der Waals surface area contributed by atoms with Crippen LogP contribution in [0.1, 0.15) is 62.9 Å². The van der Waals surface area contributed by atoms with Gasteiger partial charge >= 0.3 is 12.2 Å². The van der Waals surface area contributed by atoms with E-state index in [0.29, 0.717) is 6.54 Å². The molecule has 2 aliphatic rings. The van der Waals surface area contributed by atoms with E-state index in [1.807, 2.05) is 62.2 Å². The number of carbonyl (C=O) groups is 2. The van der Waals surface area contributed by atoms with Crippen LogP contribution in [0, 0.1) is 0 Å². The Bertz CT molecular complexity index is 2290. The molecule has 53 heavy (non-hydrogen) atoms. The minimum absolute atomic E-state index is 0.128. The van der Waals surface area contributed by atoms with Gasteiger partial charge in [0.2, 0.25) is 0 Å². The molecule has 11 heteroatoms. The van der Waals surface area contributed by atoms with Crippen LogP contribution < -0.4 is 0 Å². The third-order valence-electron chi connectivity index (χ3n) is 10.3. The summed E-state index contributed by atoms with van der Waals surface area (Å²) in [6, 6.07) is 29.6. The van der Waals surface area contributed by atoms with Crippen LogP contribution in [0.2, 0.25) is 19.1 Å². The van der Waals surface area contributed by atoms with Crippen LogP contribution in [0.4, 0.5) is 9.59 Å². The number of amides is 2. The standard InChI is InChI=1S/C42H46N6O4Si/c1-42(2,3)52-41(50)48-26-53(4,5)25-36(48)39-44-33-20-18-31-22-30(17-19-32(31)37(33)46-39)28-13-15-29(16-14-28)34-23-43-38(45-34)35-12-9-21-47(35)40(49)51-24-27-10-7-6-8-11-27/h6-8,10-11,13-20,22-23,35-36H,9,12,21,24-26H2,1-5H3,(H,43,45)(H,44,46)/t35-,36-/m0/s1. The lowest BCUT2D eigenvalue weighted by Crippen LogP contribution is -2.39. The molecule has 272 valence electrons. The summed E-state index contributed by atoms with van der Waals surface area (Å²) in [5.74, 6) is 1.60. The number of hydrogen-bond acceptors (Lipinski definition) is 6. The molecule has 2 atom stereocenters. The van der Waals surface area contributed by atoms with E-state index in [1.54, 1.807) is 4.90 Å². The molecule has 2 N–H and O–H groups in total. The molecule has 0 radical (unpaired) electrons. The van der Waals surface area contributed by atoms with Gasteiger partial charge in [0, 0.05) is 18.1 Å². The Morgan fingerprint density at radius 1 is 0.849 bits per heavy atom. The topological polar surface area (TPSA) is 116 Å². The number of imidazole rings is 2. The van der Waals surface area contributed by atoms with Gasteiger partial charge < -0.3 is 24.3 Å². The fourth-order valence-corrected chi connectivity index (χ4v) is 10.6. The molecule has 8 rings (SSSR count). The molecular formula is C42H46N6O4Si. The highest BCUT2D eigenvalue weighted by atomic mass is 28.3. The van der Waals surface area contributed by atoms with E-state index < -0.39 is 13.7 Å². The van der Waals surface area contributed by atoms with Gasteiger partial charge in [-0.1, -0.05) is 85.9 Å². The van der Waals surface area contributed by atoms with Crippen molar-refractivity contribution in [3.05, 3.63) is 108 Å². The Morgan fingerprint density at radius 2 is 1.60 bits per heavy atom. The molecule has 0 aliphatic carbocycles. The van der Waals surface area contributed by atoms with E-state index in [1.165, 1.54) is 0 Å². The minimum Gasteiger partial charge on any atom is -0.445 e. The van der Waals surface area contributed by atoms with Crippen LogP contribution in [-0.4, -0.2) is 68.3 Å². The van der Waals surface area contributed by atoms with Gasteiger partial charge in [0.25, 0.3) is 0 Å². The normalized spacial score (nSPS) is 18.6. The molecular weight excluding hydrogens is 681 g/mol. The number of likely N-dealkylation sites (tertiary alicyclic amines) is 1. The minimum atomic E-state index is -1.64. The number of aromatic nitrogens is 4. The first-order chi connectivity index (χ1) is 25.4. The average molecular weight is 727 g/mol.